The molecule has 0 aliphatic rings. The van der Waals surface area contributed by atoms with Crippen LogP contribution in [0.1, 0.15) is 11.3 Å². The minimum Gasteiger partial charge on any atom is -0.475 e. The van der Waals surface area contributed by atoms with Crippen LogP contribution in [0.2, 0.25) is 0 Å². The van der Waals surface area contributed by atoms with E-state index in [9.17, 15) is 9.59 Å². The van der Waals surface area contributed by atoms with Crippen LogP contribution in [0.5, 0.6) is 0 Å². The fourth-order valence-corrected chi connectivity index (χ4v) is 2.51. The maximum absolute atomic E-state index is 11.3. The van der Waals surface area contributed by atoms with E-state index in [4.69, 9.17) is 5.11 Å². The number of rotatable bonds is 8. The van der Waals surface area contributed by atoms with E-state index in [1.807, 2.05) is 0 Å². The van der Waals surface area contributed by atoms with Gasteiger partial charge in [0.15, 0.2) is 17.0 Å². The van der Waals surface area contributed by atoms with E-state index in [0.29, 0.717) is 40.7 Å². The van der Waals surface area contributed by atoms with E-state index in [1.165, 1.54) is 0 Å². The van der Waals surface area contributed by atoms with Crippen molar-refractivity contribution in [2.75, 3.05) is 30.0 Å². The molecule has 0 fully saturated rings. The first kappa shape index (κ1) is 19.0. The van der Waals surface area contributed by atoms with Gasteiger partial charge in [-0.15, -0.1) is 0 Å². The molecule has 0 radical (unpaired) electrons. The van der Waals surface area contributed by atoms with Crippen molar-refractivity contribution < 1.29 is 14.7 Å². The second-order valence-electron chi connectivity index (χ2n) is 5.88. The molecule has 0 bridgehead atoms. The van der Waals surface area contributed by atoms with Crippen LogP contribution in [0, 0.1) is 0 Å². The van der Waals surface area contributed by atoms with Crippen molar-refractivity contribution >= 4 is 40.4 Å². The molecule has 3 rings (SSSR count). The number of ketones is 1. The molecule has 0 unspecified atom stereocenters. The molecule has 2 heterocycles. The summed E-state index contributed by atoms with van der Waals surface area (Å²) in [7, 11) is 3.49. The quantitative estimate of drug-likeness (QED) is 0.422. The average Bonchev–Trinajstić information content (AvgIpc) is 2.72. The zero-order chi connectivity index (χ0) is 20.1. The summed E-state index contributed by atoms with van der Waals surface area (Å²) in [5, 5.41) is 17.7. The van der Waals surface area contributed by atoms with Crippen LogP contribution in [-0.4, -0.2) is 50.9 Å². The van der Waals surface area contributed by atoms with Gasteiger partial charge in [0.2, 0.25) is 11.7 Å². The van der Waals surface area contributed by atoms with Crippen LogP contribution in [0.25, 0.3) is 11.2 Å². The highest BCUT2D eigenvalue weighted by atomic mass is 16.4. The van der Waals surface area contributed by atoms with Crippen molar-refractivity contribution in [3.63, 3.8) is 0 Å². The van der Waals surface area contributed by atoms with Gasteiger partial charge in [0.25, 0.3) is 0 Å². The number of carbonyl (C=O) groups excluding carboxylic acids is 1. The highest BCUT2D eigenvalue weighted by Crippen LogP contribution is 2.19. The second kappa shape index (κ2) is 8.25. The summed E-state index contributed by atoms with van der Waals surface area (Å²) in [5.74, 6) is -1.23. The summed E-state index contributed by atoms with van der Waals surface area (Å²) in [6.45, 7) is 0.424. The molecular formula is C18H19N7O3. The standard InChI is InChI=1S/C18H19N7O3/c1-19-15-14-16(25-18(20-2)24-15)22-9-12(23-14)8-21-11-5-3-10(4-6-11)7-13(26)17(27)28/h3-6,9,21H,7-8H2,1-2H3,(H,27,28)(H2,19,20,22,24,25). The number of benzene rings is 1. The van der Waals surface area contributed by atoms with Crippen molar-refractivity contribution in [2.24, 2.45) is 0 Å². The lowest BCUT2D eigenvalue weighted by atomic mass is 10.1. The molecule has 28 heavy (non-hydrogen) atoms. The molecule has 0 aliphatic heterocycles. The first-order chi connectivity index (χ1) is 13.5. The summed E-state index contributed by atoms with van der Waals surface area (Å²) in [4.78, 5) is 39.4. The molecule has 3 aromatic rings. The van der Waals surface area contributed by atoms with Gasteiger partial charge in [0.05, 0.1) is 18.4 Å². The Hall–Kier alpha value is -3.82. The van der Waals surface area contributed by atoms with Crippen molar-refractivity contribution in [3.05, 3.63) is 41.7 Å². The molecule has 4 N–H and O–H groups in total. The third-order valence-corrected chi connectivity index (χ3v) is 3.95. The number of Topliss-reactive ketones (excluding diaryl/α,β-unsaturated/α-hetero) is 1. The summed E-state index contributed by atoms with van der Waals surface area (Å²) < 4.78 is 0. The maximum Gasteiger partial charge on any atom is 0.372 e. The Morgan fingerprint density at radius 1 is 1.04 bits per heavy atom. The molecule has 0 spiro atoms. The van der Waals surface area contributed by atoms with Gasteiger partial charge in [-0.05, 0) is 17.7 Å². The monoisotopic (exact) mass is 381 g/mol. The Kier molecular flexibility index (Phi) is 5.58. The van der Waals surface area contributed by atoms with Gasteiger partial charge in [-0.1, -0.05) is 12.1 Å². The Morgan fingerprint density at radius 3 is 2.43 bits per heavy atom. The molecule has 144 valence electrons. The Labute approximate surface area is 160 Å². The van der Waals surface area contributed by atoms with Gasteiger partial charge in [0.1, 0.15) is 0 Å². The number of anilines is 3. The minimum absolute atomic E-state index is 0.132. The van der Waals surface area contributed by atoms with Gasteiger partial charge < -0.3 is 21.1 Å². The lowest BCUT2D eigenvalue weighted by Crippen LogP contribution is -2.14. The van der Waals surface area contributed by atoms with Crippen molar-refractivity contribution in [3.8, 4) is 0 Å². The number of hydrogen-bond donors (Lipinski definition) is 4. The molecule has 0 saturated heterocycles. The van der Waals surface area contributed by atoms with Crippen molar-refractivity contribution in [1.29, 1.82) is 0 Å². The second-order valence-corrected chi connectivity index (χ2v) is 5.88. The highest BCUT2D eigenvalue weighted by Gasteiger charge is 2.12. The van der Waals surface area contributed by atoms with E-state index in [-0.39, 0.29) is 6.42 Å². The van der Waals surface area contributed by atoms with Gasteiger partial charge in [-0.25, -0.2) is 14.8 Å². The first-order valence-electron chi connectivity index (χ1n) is 8.48. The zero-order valence-corrected chi connectivity index (χ0v) is 15.4. The fourth-order valence-electron chi connectivity index (χ4n) is 2.51. The van der Waals surface area contributed by atoms with E-state index >= 15 is 0 Å². The number of aromatic nitrogens is 4. The predicted molar refractivity (Wildman–Crippen MR) is 104 cm³/mol. The SMILES string of the molecule is CNc1nc(NC)c2nc(CNc3ccc(CC(=O)C(=O)O)cc3)cnc2n1. The minimum atomic E-state index is -1.43. The molecule has 0 atom stereocenters. The summed E-state index contributed by atoms with van der Waals surface area (Å²) in [5.41, 5.74) is 3.21. The number of aliphatic carboxylic acids is 1. The van der Waals surface area contributed by atoms with Crippen LogP contribution >= 0.6 is 0 Å². The summed E-state index contributed by atoms with van der Waals surface area (Å²) >= 11 is 0. The Balaban J connectivity index is 1.71. The largest absolute Gasteiger partial charge is 0.475 e. The Morgan fingerprint density at radius 2 is 1.79 bits per heavy atom. The molecule has 1 aromatic carbocycles. The van der Waals surface area contributed by atoms with E-state index in [1.54, 1.807) is 44.6 Å². The number of carboxylic acid groups (broad SMARTS) is 1. The zero-order valence-electron chi connectivity index (χ0n) is 15.4. The third kappa shape index (κ3) is 4.29. The van der Waals surface area contributed by atoms with E-state index in [2.05, 4.69) is 35.9 Å². The number of fused-ring (bicyclic) bond motifs is 1. The van der Waals surface area contributed by atoms with Crippen LogP contribution in [-0.2, 0) is 22.6 Å². The normalized spacial score (nSPS) is 10.5. The lowest BCUT2D eigenvalue weighted by Gasteiger charge is -2.09. The maximum atomic E-state index is 11.3. The van der Waals surface area contributed by atoms with Crippen LogP contribution in [0.15, 0.2) is 30.5 Å². The molecule has 10 heteroatoms. The van der Waals surface area contributed by atoms with Gasteiger partial charge >= 0.3 is 5.97 Å². The van der Waals surface area contributed by atoms with Gasteiger partial charge in [0, 0.05) is 26.2 Å². The summed E-state index contributed by atoms with van der Waals surface area (Å²) in [6, 6.07) is 6.98. The molecule has 0 aliphatic carbocycles. The van der Waals surface area contributed by atoms with Crippen LogP contribution in [0.3, 0.4) is 0 Å². The average molecular weight is 381 g/mol. The van der Waals surface area contributed by atoms with Gasteiger partial charge in [-0.3, -0.25) is 4.79 Å². The number of nitrogens with one attached hydrogen (secondary N) is 3. The predicted octanol–water partition coefficient (Wildman–Crippen LogP) is 1.31. The number of hydrogen-bond acceptors (Lipinski definition) is 9. The molecule has 2 aromatic heterocycles. The van der Waals surface area contributed by atoms with Crippen molar-refractivity contribution in [1.82, 2.24) is 19.9 Å². The summed E-state index contributed by atoms with van der Waals surface area (Å²) in [6.07, 6.45) is 1.51. The molecule has 0 saturated carbocycles. The molecule has 0 amide bonds. The van der Waals surface area contributed by atoms with Gasteiger partial charge in [-0.2, -0.15) is 9.97 Å². The molecular weight excluding hydrogens is 362 g/mol. The van der Waals surface area contributed by atoms with E-state index in [0.717, 1.165) is 5.69 Å². The van der Waals surface area contributed by atoms with Crippen LogP contribution in [0.4, 0.5) is 17.5 Å². The topological polar surface area (TPSA) is 142 Å². The number of carbonyl (C=O) groups is 2. The number of nitrogens with zero attached hydrogens (tertiary/aromatic N) is 4. The van der Waals surface area contributed by atoms with Crippen molar-refractivity contribution in [2.45, 2.75) is 13.0 Å². The lowest BCUT2D eigenvalue weighted by molar-refractivity contribution is -0.148. The highest BCUT2D eigenvalue weighted by molar-refractivity contribution is 6.33. The van der Waals surface area contributed by atoms with Crippen LogP contribution < -0.4 is 16.0 Å². The fraction of sp³-hybridized carbons (Fsp3) is 0.222. The Bertz CT molecular complexity index is 1020. The third-order valence-electron chi connectivity index (χ3n) is 3.95. The molecule has 10 nitrogen and oxygen atoms in total. The first-order valence-corrected chi connectivity index (χ1v) is 8.48. The van der Waals surface area contributed by atoms with E-state index < -0.39 is 11.8 Å². The smallest absolute Gasteiger partial charge is 0.372 e. The number of carboxylic acids is 1.